The van der Waals surface area contributed by atoms with Gasteiger partial charge in [0.05, 0.1) is 6.20 Å². The average molecular weight is 221 g/mol. The molecule has 3 heteroatoms. The van der Waals surface area contributed by atoms with Crippen molar-refractivity contribution in [1.29, 1.82) is 0 Å². The predicted molar refractivity (Wildman–Crippen MR) is 67.8 cm³/mol. The molecule has 1 aromatic rings. The number of anilines is 1. The van der Waals surface area contributed by atoms with E-state index in [0.717, 1.165) is 18.2 Å². The molecule has 3 nitrogen and oxygen atoms in total. The molecule has 1 aliphatic heterocycles. The van der Waals surface area contributed by atoms with Gasteiger partial charge in [0.1, 0.15) is 11.6 Å². The van der Waals surface area contributed by atoms with Crippen molar-refractivity contribution in [3.8, 4) is 0 Å². The molecule has 0 amide bonds. The second kappa shape index (κ2) is 5.37. The van der Waals surface area contributed by atoms with Crippen LogP contribution in [0.1, 0.15) is 45.4 Å². The Morgan fingerprint density at radius 3 is 2.88 bits per heavy atom. The molecule has 1 fully saturated rings. The van der Waals surface area contributed by atoms with Crippen LogP contribution in [-0.2, 0) is 6.42 Å². The van der Waals surface area contributed by atoms with Crippen molar-refractivity contribution < 1.29 is 0 Å². The summed E-state index contributed by atoms with van der Waals surface area (Å²) in [5.41, 5.74) is 0. The Bertz CT molecular complexity index is 311. The van der Waals surface area contributed by atoms with Crippen molar-refractivity contribution in [3.63, 3.8) is 0 Å². The van der Waals surface area contributed by atoms with Crippen molar-refractivity contribution in [3.05, 3.63) is 12.0 Å². The lowest BCUT2D eigenvalue weighted by Crippen LogP contribution is -2.32. The smallest absolute Gasteiger partial charge is 0.126 e. The molecule has 0 radical (unpaired) electrons. The number of imidazole rings is 1. The number of piperidine rings is 1. The molecule has 0 aliphatic carbocycles. The third-order valence-electron chi connectivity index (χ3n) is 3.51. The lowest BCUT2D eigenvalue weighted by atomic mass is 9.99. The largest absolute Gasteiger partial charge is 0.357 e. The topological polar surface area (TPSA) is 31.9 Å². The molecule has 1 aliphatic rings. The van der Waals surface area contributed by atoms with E-state index in [0.29, 0.717) is 0 Å². The average Bonchev–Trinajstić information content (AvgIpc) is 2.76. The van der Waals surface area contributed by atoms with Crippen molar-refractivity contribution in [2.45, 2.75) is 46.0 Å². The lowest BCUT2D eigenvalue weighted by molar-refractivity contribution is 0.437. The molecule has 1 aromatic heterocycles. The number of nitrogens with one attached hydrogen (secondary N) is 1. The fourth-order valence-electron chi connectivity index (χ4n) is 2.23. The quantitative estimate of drug-likeness (QED) is 0.847. The molecule has 90 valence electrons. The Balaban J connectivity index is 1.91. The lowest BCUT2D eigenvalue weighted by Gasteiger charge is -2.30. The minimum absolute atomic E-state index is 0.888. The van der Waals surface area contributed by atoms with Crippen molar-refractivity contribution in [1.82, 2.24) is 9.97 Å². The fraction of sp³-hybridized carbons (Fsp3) is 0.769. The van der Waals surface area contributed by atoms with Gasteiger partial charge in [-0.25, -0.2) is 4.98 Å². The maximum absolute atomic E-state index is 4.45. The number of rotatable bonds is 4. The molecular formula is C13H23N3. The number of nitrogens with zero attached hydrogens (tertiary/aromatic N) is 2. The number of unbranched alkanes of at least 4 members (excludes halogenated alkanes) is 1. The van der Waals surface area contributed by atoms with Crippen LogP contribution in [0.5, 0.6) is 0 Å². The van der Waals surface area contributed by atoms with Crippen LogP contribution in [0.25, 0.3) is 0 Å². The van der Waals surface area contributed by atoms with Crippen LogP contribution in [-0.4, -0.2) is 23.1 Å². The summed E-state index contributed by atoms with van der Waals surface area (Å²) in [6.07, 6.45) is 8.16. The third-order valence-corrected chi connectivity index (χ3v) is 3.51. The van der Waals surface area contributed by atoms with E-state index >= 15 is 0 Å². The SMILES string of the molecule is CCCCc1ncc(N2CCC(C)CC2)[nH]1. The summed E-state index contributed by atoms with van der Waals surface area (Å²) in [5, 5.41) is 0. The van der Waals surface area contributed by atoms with Crippen molar-refractivity contribution >= 4 is 5.82 Å². The Kier molecular flexibility index (Phi) is 3.86. The Labute approximate surface area is 98.3 Å². The van der Waals surface area contributed by atoms with E-state index in [2.05, 4.69) is 28.7 Å². The summed E-state index contributed by atoms with van der Waals surface area (Å²) in [4.78, 5) is 10.3. The number of hydrogen-bond acceptors (Lipinski definition) is 2. The number of aryl methyl sites for hydroxylation is 1. The molecule has 0 spiro atoms. The van der Waals surface area contributed by atoms with Gasteiger partial charge in [0.2, 0.25) is 0 Å². The summed E-state index contributed by atoms with van der Waals surface area (Å²) in [7, 11) is 0. The summed E-state index contributed by atoms with van der Waals surface area (Å²) in [6, 6.07) is 0. The highest BCUT2D eigenvalue weighted by atomic mass is 15.2. The number of hydrogen-bond donors (Lipinski definition) is 1. The molecule has 0 unspecified atom stereocenters. The highest BCUT2D eigenvalue weighted by molar-refractivity contribution is 5.37. The maximum atomic E-state index is 4.45. The summed E-state index contributed by atoms with van der Waals surface area (Å²) in [6.45, 7) is 6.92. The second-order valence-electron chi connectivity index (χ2n) is 4.99. The number of aromatic nitrogens is 2. The molecule has 0 saturated carbocycles. The summed E-state index contributed by atoms with van der Waals surface area (Å²) in [5.74, 6) is 3.26. The van der Waals surface area contributed by atoms with Crippen molar-refractivity contribution in [2.75, 3.05) is 18.0 Å². The predicted octanol–water partition coefficient (Wildman–Crippen LogP) is 2.99. The van der Waals surface area contributed by atoms with E-state index in [-0.39, 0.29) is 0 Å². The summed E-state index contributed by atoms with van der Waals surface area (Å²) < 4.78 is 0. The number of aromatic amines is 1. The molecule has 1 saturated heterocycles. The second-order valence-corrected chi connectivity index (χ2v) is 4.99. The fourth-order valence-corrected chi connectivity index (χ4v) is 2.23. The first-order valence-corrected chi connectivity index (χ1v) is 6.58. The van der Waals surface area contributed by atoms with Gasteiger partial charge in [-0.15, -0.1) is 0 Å². The maximum Gasteiger partial charge on any atom is 0.126 e. The highest BCUT2D eigenvalue weighted by Gasteiger charge is 2.17. The van der Waals surface area contributed by atoms with Gasteiger partial charge >= 0.3 is 0 Å². The molecule has 0 atom stereocenters. The van der Waals surface area contributed by atoms with Gasteiger partial charge < -0.3 is 9.88 Å². The van der Waals surface area contributed by atoms with Crippen LogP contribution >= 0.6 is 0 Å². The van der Waals surface area contributed by atoms with Crippen LogP contribution in [0.2, 0.25) is 0 Å². The van der Waals surface area contributed by atoms with E-state index < -0.39 is 0 Å². The third kappa shape index (κ3) is 2.77. The van der Waals surface area contributed by atoms with Crippen molar-refractivity contribution in [2.24, 2.45) is 5.92 Å². The van der Waals surface area contributed by atoms with Gasteiger partial charge in [-0.3, -0.25) is 0 Å². The van der Waals surface area contributed by atoms with Crippen LogP contribution in [0.4, 0.5) is 5.82 Å². The molecule has 0 aromatic carbocycles. The Morgan fingerprint density at radius 2 is 2.19 bits per heavy atom. The first-order valence-electron chi connectivity index (χ1n) is 6.58. The van der Waals surface area contributed by atoms with Gasteiger partial charge in [-0.1, -0.05) is 20.3 Å². The minimum atomic E-state index is 0.888. The van der Waals surface area contributed by atoms with E-state index in [1.54, 1.807) is 0 Å². The molecule has 2 heterocycles. The van der Waals surface area contributed by atoms with E-state index in [4.69, 9.17) is 0 Å². The van der Waals surface area contributed by atoms with E-state index in [1.807, 2.05) is 6.20 Å². The van der Waals surface area contributed by atoms with Gasteiger partial charge in [0, 0.05) is 19.5 Å². The molecule has 1 N–H and O–H groups in total. The minimum Gasteiger partial charge on any atom is -0.357 e. The standard InChI is InChI=1S/C13H23N3/c1-3-4-5-12-14-10-13(15-12)16-8-6-11(2)7-9-16/h10-11H,3-9H2,1-2H3,(H,14,15). The van der Waals surface area contributed by atoms with Gasteiger partial charge in [-0.05, 0) is 25.2 Å². The Hall–Kier alpha value is -0.990. The van der Waals surface area contributed by atoms with E-state index in [1.165, 1.54) is 44.6 Å². The summed E-state index contributed by atoms with van der Waals surface area (Å²) >= 11 is 0. The first kappa shape index (κ1) is 11.5. The zero-order valence-electron chi connectivity index (χ0n) is 10.5. The van der Waals surface area contributed by atoms with Crippen LogP contribution in [0.3, 0.4) is 0 Å². The molecule has 2 rings (SSSR count). The Morgan fingerprint density at radius 1 is 1.44 bits per heavy atom. The zero-order chi connectivity index (χ0) is 11.4. The van der Waals surface area contributed by atoms with Gasteiger partial charge in [-0.2, -0.15) is 0 Å². The first-order chi connectivity index (χ1) is 7.79. The normalized spacial score (nSPS) is 18.0. The molecule has 16 heavy (non-hydrogen) atoms. The molecule has 0 bridgehead atoms. The number of H-pyrrole nitrogens is 1. The highest BCUT2D eigenvalue weighted by Crippen LogP contribution is 2.21. The molecular weight excluding hydrogens is 198 g/mol. The van der Waals surface area contributed by atoms with Crippen LogP contribution in [0.15, 0.2) is 6.20 Å². The van der Waals surface area contributed by atoms with E-state index in [9.17, 15) is 0 Å². The van der Waals surface area contributed by atoms with Crippen LogP contribution < -0.4 is 4.90 Å². The van der Waals surface area contributed by atoms with Crippen LogP contribution in [0, 0.1) is 5.92 Å². The van der Waals surface area contributed by atoms with Gasteiger partial charge in [0.15, 0.2) is 0 Å². The van der Waals surface area contributed by atoms with Gasteiger partial charge in [0.25, 0.3) is 0 Å². The zero-order valence-corrected chi connectivity index (χ0v) is 10.5. The monoisotopic (exact) mass is 221 g/mol.